The molecule has 0 rings (SSSR count). The van der Waals surface area contributed by atoms with Crippen molar-refractivity contribution in [3.63, 3.8) is 0 Å². The lowest BCUT2D eigenvalue weighted by atomic mass is 10.2. The number of allylic oxidation sites excluding steroid dienone is 3. The van der Waals surface area contributed by atoms with Crippen LogP contribution in [-0.4, -0.2) is 37.1 Å². The van der Waals surface area contributed by atoms with E-state index in [0.29, 0.717) is 6.61 Å². The highest BCUT2D eigenvalue weighted by Crippen LogP contribution is 1.99. The number of ether oxygens (including phenoxy) is 1. The molecule has 0 bridgehead atoms. The molecule has 104 valence electrons. The molecule has 0 N–H and O–H groups in total. The summed E-state index contributed by atoms with van der Waals surface area (Å²) >= 11 is 0. The summed E-state index contributed by atoms with van der Waals surface area (Å²) in [6.45, 7) is 10.2. The van der Waals surface area contributed by atoms with Crippen LogP contribution in [0.2, 0.25) is 0 Å². The number of carbonyl (C=O) groups is 1. The maximum absolute atomic E-state index is 11.2. The number of nitrogens with zero attached hydrogens (tertiary/aromatic N) is 1. The van der Waals surface area contributed by atoms with E-state index in [4.69, 9.17) is 4.74 Å². The molecule has 3 heteroatoms. The van der Waals surface area contributed by atoms with Crippen molar-refractivity contribution in [3.8, 4) is 0 Å². The predicted molar refractivity (Wildman–Crippen MR) is 76.6 cm³/mol. The average molecular weight is 253 g/mol. The zero-order valence-electron chi connectivity index (χ0n) is 12.0. The normalized spacial score (nSPS) is 11.8. The van der Waals surface area contributed by atoms with Gasteiger partial charge in [0.1, 0.15) is 0 Å². The Labute approximate surface area is 112 Å². The summed E-state index contributed by atoms with van der Waals surface area (Å²) in [5.74, 6) is -0.253. The van der Waals surface area contributed by atoms with Crippen LogP contribution in [0.1, 0.15) is 40.0 Å². The molecule has 0 aromatic rings. The molecule has 0 saturated heterocycles. The van der Waals surface area contributed by atoms with Crippen LogP contribution < -0.4 is 0 Å². The van der Waals surface area contributed by atoms with Crippen LogP contribution in [0.25, 0.3) is 0 Å². The summed E-state index contributed by atoms with van der Waals surface area (Å²) in [6, 6.07) is 0. The Hall–Kier alpha value is -1.09. The van der Waals surface area contributed by atoms with E-state index in [0.717, 1.165) is 32.5 Å². The second-order valence-electron chi connectivity index (χ2n) is 4.14. The summed E-state index contributed by atoms with van der Waals surface area (Å²) in [4.78, 5) is 13.6. The minimum absolute atomic E-state index is 0.253. The Bertz CT molecular complexity index is 255. The summed E-state index contributed by atoms with van der Waals surface area (Å²) < 4.78 is 5.08. The van der Waals surface area contributed by atoms with E-state index in [1.165, 1.54) is 12.5 Å². The third kappa shape index (κ3) is 10.1. The van der Waals surface area contributed by atoms with E-state index < -0.39 is 0 Å². The Balaban J connectivity index is 3.42. The molecule has 0 fully saturated rings. The first-order chi connectivity index (χ1) is 8.74. The van der Waals surface area contributed by atoms with Gasteiger partial charge in [0.2, 0.25) is 0 Å². The number of hydrogen-bond acceptors (Lipinski definition) is 3. The highest BCUT2D eigenvalue weighted by molar-refractivity contribution is 5.82. The first-order valence-corrected chi connectivity index (χ1v) is 6.93. The summed E-state index contributed by atoms with van der Waals surface area (Å²) in [5.41, 5.74) is 0. The van der Waals surface area contributed by atoms with Crippen molar-refractivity contribution in [1.29, 1.82) is 0 Å². The maximum Gasteiger partial charge on any atom is 0.330 e. The third-order valence-electron chi connectivity index (χ3n) is 2.79. The van der Waals surface area contributed by atoms with Crippen LogP contribution in [0, 0.1) is 0 Å². The number of unbranched alkanes of at least 4 members (excludes halogenated alkanes) is 2. The summed E-state index contributed by atoms with van der Waals surface area (Å²) in [7, 11) is 0. The van der Waals surface area contributed by atoms with Crippen molar-refractivity contribution < 1.29 is 9.53 Å². The van der Waals surface area contributed by atoms with Crippen LogP contribution in [0.5, 0.6) is 0 Å². The SMILES string of the molecule is C/C=C/C=C/C(=O)OCCCCCN(CC)CC. The highest BCUT2D eigenvalue weighted by Gasteiger charge is 1.99. The molecule has 0 aliphatic carbocycles. The Morgan fingerprint density at radius 1 is 1.11 bits per heavy atom. The van der Waals surface area contributed by atoms with Crippen molar-refractivity contribution in [2.75, 3.05) is 26.2 Å². The van der Waals surface area contributed by atoms with Gasteiger partial charge in [0.25, 0.3) is 0 Å². The molecule has 0 radical (unpaired) electrons. The minimum Gasteiger partial charge on any atom is -0.463 e. The third-order valence-corrected chi connectivity index (χ3v) is 2.79. The molecule has 0 aliphatic rings. The van der Waals surface area contributed by atoms with Crippen LogP contribution in [0.4, 0.5) is 0 Å². The molecule has 0 heterocycles. The Morgan fingerprint density at radius 3 is 2.44 bits per heavy atom. The molecule has 0 atom stereocenters. The second kappa shape index (κ2) is 12.4. The molecule has 3 nitrogen and oxygen atoms in total. The molecule has 0 amide bonds. The van der Waals surface area contributed by atoms with Gasteiger partial charge in [0.05, 0.1) is 6.61 Å². The first-order valence-electron chi connectivity index (χ1n) is 6.93. The Kier molecular flexibility index (Phi) is 11.6. The van der Waals surface area contributed by atoms with Gasteiger partial charge in [-0.15, -0.1) is 0 Å². The number of carbonyl (C=O) groups excluding carboxylic acids is 1. The molecular formula is C15H27NO2. The van der Waals surface area contributed by atoms with Gasteiger partial charge in [0, 0.05) is 6.08 Å². The molecule has 18 heavy (non-hydrogen) atoms. The Morgan fingerprint density at radius 2 is 1.83 bits per heavy atom. The lowest BCUT2D eigenvalue weighted by Crippen LogP contribution is -2.23. The zero-order chi connectivity index (χ0) is 13.6. The second-order valence-corrected chi connectivity index (χ2v) is 4.14. The van der Waals surface area contributed by atoms with E-state index in [2.05, 4.69) is 18.7 Å². The van der Waals surface area contributed by atoms with E-state index in [9.17, 15) is 4.79 Å². The monoisotopic (exact) mass is 253 g/mol. The van der Waals surface area contributed by atoms with Gasteiger partial charge < -0.3 is 9.64 Å². The smallest absolute Gasteiger partial charge is 0.330 e. The van der Waals surface area contributed by atoms with E-state index in [1.807, 2.05) is 19.1 Å². The lowest BCUT2D eigenvalue weighted by Gasteiger charge is -2.17. The van der Waals surface area contributed by atoms with Crippen LogP contribution in [0.15, 0.2) is 24.3 Å². The van der Waals surface area contributed by atoms with Crippen LogP contribution in [-0.2, 0) is 9.53 Å². The summed E-state index contributed by atoms with van der Waals surface area (Å²) in [6.07, 6.45) is 10.1. The van der Waals surface area contributed by atoms with Gasteiger partial charge >= 0.3 is 5.97 Å². The highest BCUT2D eigenvalue weighted by atomic mass is 16.5. The van der Waals surface area contributed by atoms with Gasteiger partial charge in [-0.1, -0.05) is 32.1 Å². The number of rotatable bonds is 10. The molecule has 0 unspecified atom stereocenters. The van der Waals surface area contributed by atoms with Crippen LogP contribution >= 0.6 is 0 Å². The quantitative estimate of drug-likeness (QED) is 0.259. The molecule has 0 aromatic heterocycles. The molecule has 0 spiro atoms. The first kappa shape index (κ1) is 16.9. The van der Waals surface area contributed by atoms with Gasteiger partial charge in [-0.25, -0.2) is 4.79 Å². The molecule has 0 saturated carbocycles. The van der Waals surface area contributed by atoms with Crippen molar-refractivity contribution in [3.05, 3.63) is 24.3 Å². The number of hydrogen-bond donors (Lipinski definition) is 0. The van der Waals surface area contributed by atoms with E-state index >= 15 is 0 Å². The summed E-state index contributed by atoms with van der Waals surface area (Å²) in [5, 5.41) is 0. The van der Waals surface area contributed by atoms with Crippen molar-refractivity contribution >= 4 is 5.97 Å². The molecule has 0 aliphatic heterocycles. The van der Waals surface area contributed by atoms with Crippen LogP contribution in [0.3, 0.4) is 0 Å². The van der Waals surface area contributed by atoms with Gasteiger partial charge in [0.15, 0.2) is 0 Å². The van der Waals surface area contributed by atoms with Gasteiger partial charge in [-0.3, -0.25) is 0 Å². The van der Waals surface area contributed by atoms with E-state index in [-0.39, 0.29) is 5.97 Å². The fraction of sp³-hybridized carbons (Fsp3) is 0.667. The minimum atomic E-state index is -0.253. The zero-order valence-corrected chi connectivity index (χ0v) is 12.0. The predicted octanol–water partition coefficient (Wildman–Crippen LogP) is 3.17. The molecular weight excluding hydrogens is 226 g/mol. The fourth-order valence-corrected chi connectivity index (χ4v) is 1.62. The van der Waals surface area contributed by atoms with Crippen molar-refractivity contribution in [2.45, 2.75) is 40.0 Å². The van der Waals surface area contributed by atoms with Gasteiger partial charge in [-0.05, 0) is 45.8 Å². The average Bonchev–Trinajstić information content (AvgIpc) is 2.38. The number of esters is 1. The van der Waals surface area contributed by atoms with Crippen molar-refractivity contribution in [2.24, 2.45) is 0 Å². The largest absolute Gasteiger partial charge is 0.463 e. The topological polar surface area (TPSA) is 29.5 Å². The van der Waals surface area contributed by atoms with Gasteiger partial charge in [-0.2, -0.15) is 0 Å². The standard InChI is InChI=1S/C15H27NO2/c1-4-7-9-12-15(17)18-14-11-8-10-13-16(5-2)6-3/h4,7,9,12H,5-6,8,10-11,13-14H2,1-3H3/b7-4+,12-9+. The van der Waals surface area contributed by atoms with E-state index in [1.54, 1.807) is 6.08 Å². The fourth-order valence-electron chi connectivity index (χ4n) is 1.62. The maximum atomic E-state index is 11.2. The molecule has 0 aromatic carbocycles. The van der Waals surface area contributed by atoms with Crippen molar-refractivity contribution in [1.82, 2.24) is 4.90 Å². The lowest BCUT2D eigenvalue weighted by molar-refractivity contribution is -0.137.